The Balaban J connectivity index is 2.13. The molecule has 0 aliphatic carbocycles. The van der Waals surface area contributed by atoms with Gasteiger partial charge in [-0.2, -0.15) is 0 Å². The second-order valence-electron chi connectivity index (χ2n) is 3.93. The molecule has 0 radical (unpaired) electrons. The van der Waals surface area contributed by atoms with Gasteiger partial charge in [0.15, 0.2) is 5.75 Å². The molecule has 0 bridgehead atoms. The Morgan fingerprint density at radius 2 is 2.24 bits per heavy atom. The maximum absolute atomic E-state index is 13.1. The molecule has 0 saturated heterocycles. The number of nitrogens with two attached hydrogens (primary N) is 1. The predicted molar refractivity (Wildman–Crippen MR) is 67.7 cm³/mol. The summed E-state index contributed by atoms with van der Waals surface area (Å²) < 4.78 is 23.3. The lowest BCUT2D eigenvalue weighted by molar-refractivity contribution is -0.386. The molecule has 8 nitrogen and oxygen atoms in total. The molecule has 1 aromatic carbocycles. The molecular weight excluding hydrogens is 285 g/mol. The highest BCUT2D eigenvalue weighted by Crippen LogP contribution is 2.28. The van der Waals surface area contributed by atoms with Crippen LogP contribution >= 0.6 is 0 Å². The van der Waals surface area contributed by atoms with Crippen LogP contribution in [0.2, 0.25) is 0 Å². The Morgan fingerprint density at radius 1 is 1.48 bits per heavy atom. The van der Waals surface area contributed by atoms with Crippen LogP contribution in [0.5, 0.6) is 5.75 Å². The fraction of sp³-hybridized carbons (Fsp3) is 0.0833. The van der Waals surface area contributed by atoms with Crippen molar-refractivity contribution >= 4 is 11.6 Å². The summed E-state index contributed by atoms with van der Waals surface area (Å²) in [4.78, 5) is 21.3. The molecule has 21 heavy (non-hydrogen) atoms. The molecule has 1 heterocycles. The SMILES string of the molecule is NNC(=O)c1coc(COc2cc(F)ccc2[N+](=O)[O-])c1. The van der Waals surface area contributed by atoms with E-state index < -0.39 is 16.6 Å². The number of ether oxygens (including phenoxy) is 1. The van der Waals surface area contributed by atoms with E-state index in [1.165, 1.54) is 6.07 Å². The van der Waals surface area contributed by atoms with Gasteiger partial charge < -0.3 is 9.15 Å². The predicted octanol–water partition coefficient (Wildman–Crippen LogP) is 1.51. The lowest BCUT2D eigenvalue weighted by atomic mass is 10.3. The zero-order chi connectivity index (χ0) is 15.4. The van der Waals surface area contributed by atoms with Crippen LogP contribution in [-0.4, -0.2) is 10.8 Å². The van der Waals surface area contributed by atoms with Crippen LogP contribution in [0.1, 0.15) is 16.1 Å². The largest absolute Gasteiger partial charge is 0.479 e. The number of hydrogen-bond donors (Lipinski definition) is 2. The molecule has 0 saturated carbocycles. The second kappa shape index (κ2) is 6.01. The first-order valence-corrected chi connectivity index (χ1v) is 5.66. The molecule has 2 aromatic rings. The Labute approximate surface area is 117 Å². The lowest BCUT2D eigenvalue weighted by Crippen LogP contribution is -2.29. The number of benzene rings is 1. The normalized spacial score (nSPS) is 10.2. The van der Waals surface area contributed by atoms with Gasteiger partial charge in [0, 0.05) is 12.1 Å². The van der Waals surface area contributed by atoms with Crippen molar-refractivity contribution in [2.24, 2.45) is 5.84 Å². The number of carbonyl (C=O) groups is 1. The number of furan rings is 1. The number of rotatable bonds is 5. The molecule has 0 spiro atoms. The average Bonchev–Trinajstić information content (AvgIpc) is 2.93. The first-order chi connectivity index (χ1) is 10.0. The number of amides is 1. The highest BCUT2D eigenvalue weighted by molar-refractivity contribution is 5.93. The van der Waals surface area contributed by atoms with E-state index in [0.717, 1.165) is 24.5 Å². The fourth-order valence-electron chi connectivity index (χ4n) is 1.56. The van der Waals surface area contributed by atoms with E-state index in [0.29, 0.717) is 0 Å². The van der Waals surface area contributed by atoms with Crippen LogP contribution in [0.15, 0.2) is 34.9 Å². The number of hydrogen-bond acceptors (Lipinski definition) is 6. The number of hydrazine groups is 1. The molecule has 0 aliphatic heterocycles. The van der Waals surface area contributed by atoms with Gasteiger partial charge in [-0.1, -0.05) is 0 Å². The monoisotopic (exact) mass is 295 g/mol. The first kappa shape index (κ1) is 14.5. The maximum Gasteiger partial charge on any atom is 0.311 e. The number of halogens is 1. The number of nitrogen functional groups attached to an aromatic ring is 1. The van der Waals surface area contributed by atoms with Crippen LogP contribution in [0.25, 0.3) is 0 Å². The van der Waals surface area contributed by atoms with Crippen LogP contribution < -0.4 is 16.0 Å². The van der Waals surface area contributed by atoms with E-state index >= 15 is 0 Å². The topological polar surface area (TPSA) is 121 Å². The minimum absolute atomic E-state index is 0.171. The summed E-state index contributed by atoms with van der Waals surface area (Å²) >= 11 is 0. The molecule has 0 fully saturated rings. The molecule has 2 rings (SSSR count). The Bertz CT molecular complexity index is 685. The van der Waals surface area contributed by atoms with Crippen LogP contribution in [-0.2, 0) is 6.61 Å². The van der Waals surface area contributed by atoms with E-state index in [9.17, 15) is 19.3 Å². The van der Waals surface area contributed by atoms with E-state index in [2.05, 4.69) is 0 Å². The molecule has 0 aliphatic rings. The van der Waals surface area contributed by atoms with E-state index in [1.807, 2.05) is 5.43 Å². The number of nitro groups is 1. The number of nitrogens with zero attached hydrogens (tertiary/aromatic N) is 1. The van der Waals surface area contributed by atoms with Gasteiger partial charge in [-0.15, -0.1) is 0 Å². The van der Waals surface area contributed by atoms with Gasteiger partial charge in [-0.25, -0.2) is 10.2 Å². The van der Waals surface area contributed by atoms with Gasteiger partial charge in [0.05, 0.1) is 10.5 Å². The van der Waals surface area contributed by atoms with Crippen molar-refractivity contribution in [1.82, 2.24) is 5.43 Å². The summed E-state index contributed by atoms with van der Waals surface area (Å²) in [7, 11) is 0. The second-order valence-corrected chi connectivity index (χ2v) is 3.93. The molecule has 1 amide bonds. The van der Waals surface area contributed by atoms with Crippen molar-refractivity contribution in [1.29, 1.82) is 0 Å². The summed E-state index contributed by atoms with van der Waals surface area (Å²) in [5.74, 6) is 3.73. The van der Waals surface area contributed by atoms with Crippen LogP contribution in [0, 0.1) is 15.9 Å². The van der Waals surface area contributed by atoms with Gasteiger partial charge in [0.25, 0.3) is 5.91 Å². The molecular formula is C12H10FN3O5. The zero-order valence-electron chi connectivity index (χ0n) is 10.5. The fourth-order valence-corrected chi connectivity index (χ4v) is 1.56. The molecule has 3 N–H and O–H groups in total. The van der Waals surface area contributed by atoms with Gasteiger partial charge in [-0.05, 0) is 12.1 Å². The number of carbonyl (C=O) groups excluding carboxylic acids is 1. The number of nitro benzene ring substituents is 1. The van der Waals surface area contributed by atoms with E-state index in [-0.39, 0.29) is 29.4 Å². The third-order valence-electron chi connectivity index (χ3n) is 2.54. The van der Waals surface area contributed by atoms with E-state index in [1.54, 1.807) is 0 Å². The van der Waals surface area contributed by atoms with Gasteiger partial charge >= 0.3 is 5.69 Å². The van der Waals surface area contributed by atoms with Crippen molar-refractivity contribution in [3.05, 3.63) is 57.8 Å². The van der Waals surface area contributed by atoms with Crippen molar-refractivity contribution in [2.75, 3.05) is 0 Å². The van der Waals surface area contributed by atoms with Gasteiger partial charge in [-0.3, -0.25) is 20.3 Å². The van der Waals surface area contributed by atoms with Gasteiger partial charge in [0.1, 0.15) is 24.4 Å². The minimum atomic E-state index is -0.690. The van der Waals surface area contributed by atoms with Gasteiger partial charge in [0.2, 0.25) is 0 Å². The highest BCUT2D eigenvalue weighted by atomic mass is 19.1. The Kier molecular flexibility index (Phi) is 4.14. The minimum Gasteiger partial charge on any atom is -0.479 e. The standard InChI is InChI=1S/C12H10FN3O5/c13-8-1-2-10(16(18)19)11(4-8)21-6-9-3-7(5-20-9)12(17)15-14/h1-5H,6,14H2,(H,15,17). The van der Waals surface area contributed by atoms with Crippen molar-refractivity contribution in [3.8, 4) is 5.75 Å². The molecule has 0 unspecified atom stereocenters. The Hall–Kier alpha value is -2.94. The van der Waals surface area contributed by atoms with E-state index in [4.69, 9.17) is 15.0 Å². The Morgan fingerprint density at radius 3 is 2.90 bits per heavy atom. The third-order valence-corrected chi connectivity index (χ3v) is 2.54. The average molecular weight is 295 g/mol. The van der Waals surface area contributed by atoms with Crippen LogP contribution in [0.3, 0.4) is 0 Å². The summed E-state index contributed by atoms with van der Waals surface area (Å²) in [6, 6.07) is 4.21. The van der Waals surface area contributed by atoms with Crippen molar-refractivity contribution < 1.29 is 23.3 Å². The lowest BCUT2D eigenvalue weighted by Gasteiger charge is -2.04. The third kappa shape index (κ3) is 3.34. The summed E-state index contributed by atoms with van der Waals surface area (Å²) in [5, 5.41) is 10.8. The first-order valence-electron chi connectivity index (χ1n) is 5.66. The zero-order valence-corrected chi connectivity index (χ0v) is 10.5. The number of nitrogens with one attached hydrogen (secondary N) is 1. The maximum atomic E-state index is 13.1. The molecule has 110 valence electrons. The van der Waals surface area contributed by atoms with Crippen LogP contribution in [0.4, 0.5) is 10.1 Å². The molecule has 9 heteroatoms. The molecule has 0 atom stereocenters. The summed E-state index contributed by atoms with van der Waals surface area (Å²) in [6.07, 6.45) is 1.15. The smallest absolute Gasteiger partial charge is 0.311 e. The summed E-state index contributed by atoms with van der Waals surface area (Å²) in [5.41, 5.74) is 1.72. The van der Waals surface area contributed by atoms with Crippen molar-refractivity contribution in [2.45, 2.75) is 6.61 Å². The highest BCUT2D eigenvalue weighted by Gasteiger charge is 2.17. The quantitative estimate of drug-likeness (QED) is 0.373. The van der Waals surface area contributed by atoms with Crippen molar-refractivity contribution in [3.63, 3.8) is 0 Å². The molecule has 1 aromatic heterocycles. The summed E-state index contributed by atoms with van der Waals surface area (Å²) in [6.45, 7) is -0.206.